The Hall–Kier alpha value is -2.16. The highest BCUT2D eigenvalue weighted by molar-refractivity contribution is 5.99. The van der Waals surface area contributed by atoms with Gasteiger partial charge in [-0.25, -0.2) is 0 Å². The van der Waals surface area contributed by atoms with Gasteiger partial charge in [0.05, 0.1) is 0 Å². The fourth-order valence-electron chi connectivity index (χ4n) is 2.10. The van der Waals surface area contributed by atoms with Crippen LogP contribution in [0.25, 0.3) is 0 Å². The van der Waals surface area contributed by atoms with Crippen molar-refractivity contribution >= 4 is 5.78 Å². The van der Waals surface area contributed by atoms with Gasteiger partial charge >= 0.3 is 0 Å². The number of carbonyl (C=O) groups is 1. The molecule has 0 saturated heterocycles. The molecular formula is C17H19NO2. The van der Waals surface area contributed by atoms with Crippen molar-refractivity contribution < 1.29 is 9.53 Å². The van der Waals surface area contributed by atoms with Gasteiger partial charge in [0.1, 0.15) is 5.75 Å². The number of aromatic nitrogens is 1. The van der Waals surface area contributed by atoms with Crippen LogP contribution in [0.1, 0.15) is 34.8 Å². The summed E-state index contributed by atoms with van der Waals surface area (Å²) in [6.45, 7) is 5.97. The number of hydrogen-bond acceptors (Lipinski definition) is 3. The van der Waals surface area contributed by atoms with E-state index >= 15 is 0 Å². The lowest BCUT2D eigenvalue weighted by Crippen LogP contribution is -2.27. The normalized spacial score (nSPS) is 11.9. The van der Waals surface area contributed by atoms with Gasteiger partial charge in [-0.3, -0.25) is 9.78 Å². The summed E-state index contributed by atoms with van der Waals surface area (Å²) in [4.78, 5) is 16.4. The maximum absolute atomic E-state index is 12.4. The molecule has 0 radical (unpaired) electrons. The minimum Gasteiger partial charge on any atom is -0.482 e. The Balaban J connectivity index is 2.19. The second kappa shape index (κ2) is 6.33. The van der Waals surface area contributed by atoms with E-state index in [-0.39, 0.29) is 5.78 Å². The first kappa shape index (κ1) is 14.3. The number of aryl methyl sites for hydroxylation is 2. The van der Waals surface area contributed by atoms with Gasteiger partial charge in [-0.2, -0.15) is 0 Å². The lowest BCUT2D eigenvalue weighted by atomic mass is 10.1. The zero-order valence-electron chi connectivity index (χ0n) is 12.1. The molecule has 104 valence electrons. The molecule has 3 nitrogen and oxygen atoms in total. The topological polar surface area (TPSA) is 39.2 Å². The fourth-order valence-corrected chi connectivity index (χ4v) is 2.10. The van der Waals surface area contributed by atoms with Crippen LogP contribution in [0.2, 0.25) is 0 Å². The maximum Gasteiger partial charge on any atom is 0.204 e. The Bertz CT molecular complexity index is 593. The number of rotatable bonds is 5. The number of ether oxygens (including phenoxy) is 1. The first-order valence-corrected chi connectivity index (χ1v) is 6.80. The van der Waals surface area contributed by atoms with Gasteiger partial charge in [-0.1, -0.05) is 24.6 Å². The van der Waals surface area contributed by atoms with Crippen molar-refractivity contribution in [3.63, 3.8) is 0 Å². The van der Waals surface area contributed by atoms with Gasteiger partial charge in [0, 0.05) is 18.0 Å². The first-order chi connectivity index (χ1) is 9.61. The summed E-state index contributed by atoms with van der Waals surface area (Å²) < 4.78 is 5.89. The minimum absolute atomic E-state index is 0.0272. The molecule has 0 fully saturated rings. The summed E-state index contributed by atoms with van der Waals surface area (Å²) >= 11 is 0. The number of hydrogen-bond donors (Lipinski definition) is 0. The molecule has 2 aromatic rings. The van der Waals surface area contributed by atoms with Crippen LogP contribution in [0, 0.1) is 13.8 Å². The molecule has 0 N–H and O–H groups in total. The first-order valence-electron chi connectivity index (χ1n) is 6.80. The highest BCUT2D eigenvalue weighted by Crippen LogP contribution is 2.22. The SMILES string of the molecule is CCC(Oc1ccc(C)cc1C)C(=O)c1cccnc1. The Labute approximate surface area is 119 Å². The molecule has 0 aliphatic heterocycles. The Morgan fingerprint density at radius 1 is 1.30 bits per heavy atom. The van der Waals surface area contributed by atoms with E-state index in [0.717, 1.165) is 11.3 Å². The number of carbonyl (C=O) groups excluding carboxylic acids is 1. The standard InChI is InChI=1S/C17H19NO2/c1-4-15(17(19)14-6-5-9-18-11-14)20-16-8-7-12(2)10-13(16)3/h5-11,15H,4H2,1-3H3. The summed E-state index contributed by atoms with van der Waals surface area (Å²) in [5.41, 5.74) is 2.81. The van der Waals surface area contributed by atoms with Crippen molar-refractivity contribution in [2.45, 2.75) is 33.3 Å². The van der Waals surface area contributed by atoms with E-state index in [1.54, 1.807) is 24.5 Å². The third-order valence-electron chi connectivity index (χ3n) is 3.21. The molecule has 1 heterocycles. The predicted octanol–water partition coefficient (Wildman–Crippen LogP) is 3.74. The van der Waals surface area contributed by atoms with E-state index < -0.39 is 6.10 Å². The van der Waals surface area contributed by atoms with E-state index in [0.29, 0.717) is 12.0 Å². The van der Waals surface area contributed by atoms with Crippen LogP contribution in [0.15, 0.2) is 42.7 Å². The summed E-state index contributed by atoms with van der Waals surface area (Å²) in [6.07, 6.45) is 3.39. The van der Waals surface area contributed by atoms with Crippen molar-refractivity contribution in [1.29, 1.82) is 0 Å². The van der Waals surface area contributed by atoms with E-state index in [1.807, 2.05) is 32.9 Å². The van der Waals surface area contributed by atoms with Crippen LogP contribution in [0.4, 0.5) is 0 Å². The lowest BCUT2D eigenvalue weighted by molar-refractivity contribution is 0.0785. The number of benzene rings is 1. The predicted molar refractivity (Wildman–Crippen MR) is 79.2 cm³/mol. The van der Waals surface area contributed by atoms with Gasteiger partial charge in [0.25, 0.3) is 0 Å². The molecule has 1 unspecified atom stereocenters. The van der Waals surface area contributed by atoms with Crippen molar-refractivity contribution in [2.75, 3.05) is 0 Å². The van der Waals surface area contributed by atoms with Gasteiger partial charge in [-0.15, -0.1) is 0 Å². The van der Waals surface area contributed by atoms with Crippen molar-refractivity contribution in [2.24, 2.45) is 0 Å². The van der Waals surface area contributed by atoms with Gasteiger partial charge in [-0.05, 0) is 44.0 Å². The van der Waals surface area contributed by atoms with Crippen LogP contribution in [-0.4, -0.2) is 16.9 Å². The third kappa shape index (κ3) is 3.23. The molecule has 0 spiro atoms. The monoisotopic (exact) mass is 269 g/mol. The van der Waals surface area contributed by atoms with Crippen molar-refractivity contribution in [1.82, 2.24) is 4.98 Å². The zero-order valence-corrected chi connectivity index (χ0v) is 12.1. The summed E-state index contributed by atoms with van der Waals surface area (Å²) in [7, 11) is 0. The summed E-state index contributed by atoms with van der Waals surface area (Å²) in [6, 6.07) is 9.49. The molecule has 0 aliphatic rings. The van der Waals surface area contributed by atoms with Crippen LogP contribution in [0.3, 0.4) is 0 Å². The summed E-state index contributed by atoms with van der Waals surface area (Å²) in [5, 5.41) is 0. The quantitative estimate of drug-likeness (QED) is 0.776. The number of pyridine rings is 1. The molecule has 3 heteroatoms. The third-order valence-corrected chi connectivity index (χ3v) is 3.21. The minimum atomic E-state index is -0.472. The van der Waals surface area contributed by atoms with Crippen molar-refractivity contribution in [3.05, 3.63) is 59.4 Å². The van der Waals surface area contributed by atoms with Crippen molar-refractivity contribution in [3.8, 4) is 5.75 Å². The molecule has 1 atom stereocenters. The largest absolute Gasteiger partial charge is 0.482 e. The highest BCUT2D eigenvalue weighted by Gasteiger charge is 2.20. The van der Waals surface area contributed by atoms with E-state index in [2.05, 4.69) is 11.1 Å². The molecular weight excluding hydrogens is 250 g/mol. The van der Waals surface area contributed by atoms with Gasteiger partial charge in [0.2, 0.25) is 5.78 Å². The number of Topliss-reactive ketones (excluding diaryl/α,β-unsaturated/α-hetero) is 1. The second-order valence-electron chi connectivity index (χ2n) is 4.89. The second-order valence-corrected chi connectivity index (χ2v) is 4.89. The van der Waals surface area contributed by atoms with E-state index in [4.69, 9.17) is 4.74 Å². The van der Waals surface area contributed by atoms with E-state index in [1.165, 1.54) is 5.56 Å². The fraction of sp³-hybridized carbons (Fsp3) is 0.294. The van der Waals surface area contributed by atoms with Gasteiger partial charge < -0.3 is 4.74 Å². The lowest BCUT2D eigenvalue weighted by Gasteiger charge is -2.18. The summed E-state index contributed by atoms with van der Waals surface area (Å²) in [5.74, 6) is 0.736. The van der Waals surface area contributed by atoms with E-state index in [9.17, 15) is 4.79 Å². The Morgan fingerprint density at radius 2 is 2.10 bits per heavy atom. The molecule has 0 saturated carbocycles. The molecule has 20 heavy (non-hydrogen) atoms. The molecule has 2 rings (SSSR count). The molecule has 0 amide bonds. The van der Waals surface area contributed by atoms with Crippen LogP contribution >= 0.6 is 0 Å². The van der Waals surface area contributed by atoms with Gasteiger partial charge in [0.15, 0.2) is 6.10 Å². The van der Waals surface area contributed by atoms with Crippen LogP contribution in [-0.2, 0) is 0 Å². The van der Waals surface area contributed by atoms with Crippen LogP contribution in [0.5, 0.6) is 5.75 Å². The average Bonchev–Trinajstić information content (AvgIpc) is 2.47. The number of ketones is 1. The zero-order chi connectivity index (χ0) is 14.5. The molecule has 0 bridgehead atoms. The Morgan fingerprint density at radius 3 is 2.70 bits per heavy atom. The number of nitrogens with zero attached hydrogens (tertiary/aromatic N) is 1. The smallest absolute Gasteiger partial charge is 0.204 e. The Kier molecular flexibility index (Phi) is 4.51. The molecule has 1 aromatic carbocycles. The molecule has 1 aromatic heterocycles. The van der Waals surface area contributed by atoms with Crippen LogP contribution < -0.4 is 4.74 Å². The maximum atomic E-state index is 12.4. The molecule has 0 aliphatic carbocycles. The highest BCUT2D eigenvalue weighted by atomic mass is 16.5. The average molecular weight is 269 g/mol.